The molecule has 1 aliphatic heterocycles. The van der Waals surface area contributed by atoms with E-state index in [0.29, 0.717) is 12.2 Å². The summed E-state index contributed by atoms with van der Waals surface area (Å²) in [5, 5.41) is 0. The maximum absolute atomic E-state index is 13.4. The lowest BCUT2D eigenvalue weighted by molar-refractivity contribution is 0.256. The summed E-state index contributed by atoms with van der Waals surface area (Å²) in [4.78, 5) is 0. The van der Waals surface area contributed by atoms with Crippen LogP contribution in [0.1, 0.15) is 18.0 Å². The molecule has 0 saturated heterocycles. The molecule has 0 radical (unpaired) electrons. The number of halogens is 1. The average molecular weight is 182 g/mol. The van der Waals surface area contributed by atoms with Crippen molar-refractivity contribution in [2.45, 2.75) is 12.5 Å². The third-order valence-electron chi connectivity index (χ3n) is 2.23. The first-order chi connectivity index (χ1) is 6.20. The second kappa shape index (κ2) is 2.88. The zero-order chi connectivity index (χ0) is 9.42. The predicted molar refractivity (Wildman–Crippen MR) is 47.9 cm³/mol. The van der Waals surface area contributed by atoms with Crippen molar-refractivity contribution in [3.63, 3.8) is 0 Å². The Morgan fingerprint density at radius 1 is 1.46 bits per heavy atom. The Morgan fingerprint density at radius 3 is 3.00 bits per heavy atom. The molecule has 1 atom stereocenters. The molecule has 4 heteroatoms. The van der Waals surface area contributed by atoms with Gasteiger partial charge in [0.1, 0.15) is 0 Å². The van der Waals surface area contributed by atoms with Gasteiger partial charge in [0.15, 0.2) is 11.6 Å². The van der Waals surface area contributed by atoms with Gasteiger partial charge in [-0.15, -0.1) is 0 Å². The molecular formula is C9H11FN2O. The zero-order valence-corrected chi connectivity index (χ0v) is 7.09. The molecule has 3 nitrogen and oxygen atoms in total. The van der Waals surface area contributed by atoms with Crippen LogP contribution in [0.5, 0.6) is 5.75 Å². The third kappa shape index (κ3) is 1.23. The summed E-state index contributed by atoms with van der Waals surface area (Å²) < 4.78 is 18.5. The highest BCUT2D eigenvalue weighted by atomic mass is 19.1. The molecule has 0 saturated carbocycles. The molecule has 1 unspecified atom stereocenters. The van der Waals surface area contributed by atoms with E-state index in [9.17, 15) is 4.39 Å². The molecule has 0 aliphatic carbocycles. The van der Waals surface area contributed by atoms with Crippen LogP contribution in [0.4, 0.5) is 10.1 Å². The minimum Gasteiger partial charge on any atom is -0.490 e. The number of ether oxygens (including phenoxy) is 1. The van der Waals surface area contributed by atoms with Crippen LogP contribution in [-0.2, 0) is 0 Å². The van der Waals surface area contributed by atoms with Crippen LogP contribution >= 0.6 is 0 Å². The van der Waals surface area contributed by atoms with Gasteiger partial charge in [0.05, 0.1) is 12.3 Å². The lowest BCUT2D eigenvalue weighted by atomic mass is 10.0. The molecular weight excluding hydrogens is 171 g/mol. The Labute approximate surface area is 75.5 Å². The fraction of sp³-hybridized carbons (Fsp3) is 0.333. The summed E-state index contributed by atoms with van der Waals surface area (Å²) in [7, 11) is 0. The van der Waals surface area contributed by atoms with Gasteiger partial charge in [-0.2, -0.15) is 0 Å². The van der Waals surface area contributed by atoms with E-state index in [-0.39, 0.29) is 17.5 Å². The van der Waals surface area contributed by atoms with Crippen molar-refractivity contribution in [1.29, 1.82) is 0 Å². The van der Waals surface area contributed by atoms with Gasteiger partial charge in [0.25, 0.3) is 0 Å². The highest BCUT2D eigenvalue weighted by Gasteiger charge is 2.22. The fourth-order valence-electron chi connectivity index (χ4n) is 1.47. The van der Waals surface area contributed by atoms with E-state index < -0.39 is 5.82 Å². The highest BCUT2D eigenvalue weighted by Crippen LogP contribution is 2.35. The molecule has 2 rings (SSSR count). The van der Waals surface area contributed by atoms with Crippen LogP contribution in [0, 0.1) is 5.82 Å². The first-order valence-corrected chi connectivity index (χ1v) is 4.16. The number of benzene rings is 1. The van der Waals surface area contributed by atoms with Crippen molar-refractivity contribution in [3.8, 4) is 5.75 Å². The van der Waals surface area contributed by atoms with Gasteiger partial charge in [0.2, 0.25) is 0 Å². The number of anilines is 1. The van der Waals surface area contributed by atoms with Crippen molar-refractivity contribution in [2.75, 3.05) is 12.3 Å². The summed E-state index contributed by atoms with van der Waals surface area (Å²) in [6, 6.07) is 3.10. The van der Waals surface area contributed by atoms with E-state index in [1.54, 1.807) is 6.07 Å². The molecule has 1 aliphatic rings. The van der Waals surface area contributed by atoms with Gasteiger partial charge < -0.3 is 16.2 Å². The van der Waals surface area contributed by atoms with E-state index in [1.807, 2.05) is 0 Å². The molecule has 1 aromatic rings. The van der Waals surface area contributed by atoms with Gasteiger partial charge in [-0.1, -0.05) is 6.07 Å². The Bertz CT molecular complexity index is 341. The van der Waals surface area contributed by atoms with Crippen LogP contribution in [0.3, 0.4) is 0 Å². The Hall–Kier alpha value is -1.29. The monoisotopic (exact) mass is 182 g/mol. The average Bonchev–Trinajstić information content (AvgIpc) is 2.12. The van der Waals surface area contributed by atoms with Crippen molar-refractivity contribution < 1.29 is 9.13 Å². The fourth-order valence-corrected chi connectivity index (χ4v) is 1.47. The van der Waals surface area contributed by atoms with Crippen molar-refractivity contribution >= 4 is 5.69 Å². The van der Waals surface area contributed by atoms with E-state index in [2.05, 4.69) is 0 Å². The standard InChI is InChI=1S/C9H11FN2O/c10-8-7(12)2-1-5-6(11)3-4-13-9(5)8/h1-2,6H,3-4,11-12H2. The smallest absolute Gasteiger partial charge is 0.188 e. The quantitative estimate of drug-likeness (QED) is 0.592. The predicted octanol–water partition coefficient (Wildman–Crippen LogP) is 1.19. The summed E-state index contributed by atoms with van der Waals surface area (Å²) >= 11 is 0. The molecule has 0 spiro atoms. The molecule has 0 amide bonds. The first-order valence-electron chi connectivity index (χ1n) is 4.16. The summed E-state index contributed by atoms with van der Waals surface area (Å²) in [5.74, 6) is -0.272. The maximum Gasteiger partial charge on any atom is 0.188 e. The number of nitrogens with two attached hydrogens (primary N) is 2. The Kier molecular flexibility index (Phi) is 1.84. The topological polar surface area (TPSA) is 61.3 Å². The van der Waals surface area contributed by atoms with Crippen molar-refractivity contribution in [3.05, 3.63) is 23.5 Å². The largest absolute Gasteiger partial charge is 0.490 e. The van der Waals surface area contributed by atoms with Gasteiger partial charge in [-0.25, -0.2) is 4.39 Å². The van der Waals surface area contributed by atoms with Crippen LogP contribution in [0.25, 0.3) is 0 Å². The molecule has 1 aromatic carbocycles. The summed E-state index contributed by atoms with van der Waals surface area (Å²) in [6.45, 7) is 0.453. The van der Waals surface area contributed by atoms with Gasteiger partial charge in [-0.3, -0.25) is 0 Å². The minimum atomic E-state index is -0.493. The van der Waals surface area contributed by atoms with Crippen molar-refractivity contribution in [2.24, 2.45) is 5.73 Å². The summed E-state index contributed by atoms with van der Waals surface area (Å²) in [6.07, 6.45) is 0.719. The van der Waals surface area contributed by atoms with Crippen LogP contribution in [0.2, 0.25) is 0 Å². The van der Waals surface area contributed by atoms with E-state index in [4.69, 9.17) is 16.2 Å². The zero-order valence-electron chi connectivity index (χ0n) is 7.09. The lowest BCUT2D eigenvalue weighted by Crippen LogP contribution is -2.21. The number of rotatable bonds is 0. The molecule has 0 bridgehead atoms. The number of hydrogen-bond acceptors (Lipinski definition) is 3. The summed E-state index contributed by atoms with van der Waals surface area (Å²) in [5.41, 5.74) is 12.0. The van der Waals surface area contributed by atoms with Crippen LogP contribution in [0.15, 0.2) is 12.1 Å². The van der Waals surface area contributed by atoms with E-state index >= 15 is 0 Å². The molecule has 4 N–H and O–H groups in total. The number of nitrogen functional groups attached to an aromatic ring is 1. The van der Waals surface area contributed by atoms with E-state index in [0.717, 1.165) is 6.42 Å². The third-order valence-corrected chi connectivity index (χ3v) is 2.23. The maximum atomic E-state index is 13.4. The number of hydrogen-bond donors (Lipinski definition) is 2. The Morgan fingerprint density at radius 2 is 2.23 bits per heavy atom. The lowest BCUT2D eigenvalue weighted by Gasteiger charge is -2.23. The van der Waals surface area contributed by atoms with Gasteiger partial charge in [-0.05, 0) is 6.07 Å². The van der Waals surface area contributed by atoms with Crippen LogP contribution < -0.4 is 16.2 Å². The highest BCUT2D eigenvalue weighted by molar-refractivity contribution is 5.52. The molecule has 0 fully saturated rings. The second-order valence-electron chi connectivity index (χ2n) is 3.13. The minimum absolute atomic E-state index is 0.104. The van der Waals surface area contributed by atoms with E-state index in [1.165, 1.54) is 6.07 Å². The normalized spacial score (nSPS) is 20.6. The first kappa shape index (κ1) is 8.31. The van der Waals surface area contributed by atoms with Crippen LogP contribution in [-0.4, -0.2) is 6.61 Å². The SMILES string of the molecule is Nc1ccc2c(c1F)OCCC2N. The van der Waals surface area contributed by atoms with Crippen molar-refractivity contribution in [1.82, 2.24) is 0 Å². The van der Waals surface area contributed by atoms with Gasteiger partial charge >= 0.3 is 0 Å². The number of fused-ring (bicyclic) bond motifs is 1. The molecule has 1 heterocycles. The Balaban J connectivity index is 2.56. The molecule has 70 valence electrons. The second-order valence-corrected chi connectivity index (χ2v) is 3.13. The molecule has 0 aromatic heterocycles. The molecule has 13 heavy (non-hydrogen) atoms. The van der Waals surface area contributed by atoms with Gasteiger partial charge in [0, 0.05) is 18.0 Å².